The van der Waals surface area contributed by atoms with Crippen LogP contribution >= 0.6 is 0 Å². The van der Waals surface area contributed by atoms with Crippen molar-refractivity contribution in [3.8, 4) is 0 Å². The van der Waals surface area contributed by atoms with Gasteiger partial charge in [0.1, 0.15) is 11.3 Å². The Balaban J connectivity index is 1.63. The molecule has 1 aromatic heterocycles. The van der Waals surface area contributed by atoms with E-state index in [9.17, 15) is 4.39 Å². The lowest BCUT2D eigenvalue weighted by molar-refractivity contribution is 0.614. The van der Waals surface area contributed by atoms with Gasteiger partial charge in [0.05, 0.1) is 0 Å². The van der Waals surface area contributed by atoms with E-state index in [1.54, 1.807) is 24.3 Å². The fourth-order valence-electron chi connectivity index (χ4n) is 1.98. The van der Waals surface area contributed by atoms with Gasteiger partial charge in [-0.3, -0.25) is 0 Å². The zero-order valence-electron chi connectivity index (χ0n) is 10.8. The number of nitrogens with zero attached hydrogens (tertiary/aromatic N) is 1. The Kier molecular flexibility index (Phi) is 3.25. The van der Waals surface area contributed by atoms with Gasteiger partial charge in [-0.1, -0.05) is 12.1 Å². The third kappa shape index (κ3) is 2.71. The molecule has 20 heavy (non-hydrogen) atoms. The van der Waals surface area contributed by atoms with E-state index >= 15 is 0 Å². The van der Waals surface area contributed by atoms with Crippen LogP contribution in [-0.4, -0.2) is 11.5 Å². The number of anilines is 2. The van der Waals surface area contributed by atoms with E-state index < -0.39 is 0 Å². The lowest BCUT2D eigenvalue weighted by atomic mass is 10.1. The number of rotatable bonds is 4. The average Bonchev–Trinajstić information content (AvgIpc) is 2.83. The average molecular weight is 271 g/mol. The summed E-state index contributed by atoms with van der Waals surface area (Å²) in [7, 11) is 0. The minimum Gasteiger partial charge on any atom is -0.423 e. The van der Waals surface area contributed by atoms with Gasteiger partial charge in [0.2, 0.25) is 0 Å². The number of hydrogen-bond donors (Lipinski definition) is 2. The Morgan fingerprint density at radius 3 is 2.75 bits per heavy atom. The highest BCUT2D eigenvalue weighted by Gasteiger charge is 2.05. The second-order valence-electron chi connectivity index (χ2n) is 4.55. The Hall–Kier alpha value is -2.56. The molecular formula is C15H14FN3O. The van der Waals surface area contributed by atoms with E-state index in [-0.39, 0.29) is 5.82 Å². The third-order valence-corrected chi connectivity index (χ3v) is 3.02. The molecule has 0 radical (unpaired) electrons. The standard InChI is InChI=1S/C15H14FN3O/c16-11-3-1-10(2-4-11)7-8-18-15-19-13-6-5-12(17)9-14(13)20-15/h1-6,9H,7-8,17H2,(H,18,19). The van der Waals surface area contributed by atoms with Crippen molar-refractivity contribution >= 4 is 22.8 Å². The van der Waals surface area contributed by atoms with Crippen molar-refractivity contribution in [2.75, 3.05) is 17.6 Å². The summed E-state index contributed by atoms with van der Waals surface area (Å²) in [5.41, 5.74) is 8.81. The normalized spacial score (nSPS) is 10.8. The van der Waals surface area contributed by atoms with Crippen molar-refractivity contribution < 1.29 is 8.81 Å². The van der Waals surface area contributed by atoms with Gasteiger partial charge in [-0.25, -0.2) is 4.39 Å². The van der Waals surface area contributed by atoms with Crippen LogP contribution < -0.4 is 11.1 Å². The van der Waals surface area contributed by atoms with Crippen LogP contribution in [0.25, 0.3) is 11.1 Å². The monoisotopic (exact) mass is 271 g/mol. The lowest BCUT2D eigenvalue weighted by Gasteiger charge is -2.01. The zero-order chi connectivity index (χ0) is 13.9. The molecule has 0 saturated heterocycles. The van der Waals surface area contributed by atoms with Crippen LogP contribution in [0.4, 0.5) is 16.1 Å². The molecule has 5 heteroatoms. The third-order valence-electron chi connectivity index (χ3n) is 3.02. The van der Waals surface area contributed by atoms with Gasteiger partial charge in [0, 0.05) is 18.3 Å². The van der Waals surface area contributed by atoms with Gasteiger partial charge in [0.25, 0.3) is 6.01 Å². The van der Waals surface area contributed by atoms with Crippen molar-refractivity contribution in [3.63, 3.8) is 0 Å². The highest BCUT2D eigenvalue weighted by atomic mass is 19.1. The van der Waals surface area contributed by atoms with Gasteiger partial charge in [-0.2, -0.15) is 4.98 Å². The van der Waals surface area contributed by atoms with Gasteiger partial charge in [-0.05, 0) is 36.2 Å². The first-order valence-electron chi connectivity index (χ1n) is 6.35. The van der Waals surface area contributed by atoms with E-state index in [1.165, 1.54) is 12.1 Å². The number of nitrogens with one attached hydrogen (secondary N) is 1. The predicted octanol–water partition coefficient (Wildman–Crippen LogP) is 3.20. The largest absolute Gasteiger partial charge is 0.423 e. The first-order chi connectivity index (χ1) is 9.70. The molecule has 1 heterocycles. The molecule has 2 aromatic carbocycles. The van der Waals surface area contributed by atoms with Crippen LogP contribution in [0.2, 0.25) is 0 Å². The fraction of sp³-hybridized carbons (Fsp3) is 0.133. The van der Waals surface area contributed by atoms with E-state index in [0.29, 0.717) is 23.8 Å². The molecule has 0 aliphatic heterocycles. The molecule has 3 aromatic rings. The maximum Gasteiger partial charge on any atom is 0.295 e. The van der Waals surface area contributed by atoms with Crippen LogP contribution in [0.5, 0.6) is 0 Å². The molecule has 0 saturated carbocycles. The van der Waals surface area contributed by atoms with Crippen LogP contribution in [0.3, 0.4) is 0 Å². The van der Waals surface area contributed by atoms with Gasteiger partial charge < -0.3 is 15.5 Å². The van der Waals surface area contributed by atoms with Gasteiger partial charge >= 0.3 is 0 Å². The fourth-order valence-corrected chi connectivity index (χ4v) is 1.98. The first kappa shape index (κ1) is 12.5. The van der Waals surface area contributed by atoms with Crippen molar-refractivity contribution in [3.05, 3.63) is 53.8 Å². The topological polar surface area (TPSA) is 64.1 Å². The molecule has 3 rings (SSSR count). The van der Waals surface area contributed by atoms with Gasteiger partial charge in [-0.15, -0.1) is 0 Å². The molecule has 0 unspecified atom stereocenters. The Bertz CT molecular complexity index is 722. The van der Waals surface area contributed by atoms with Crippen molar-refractivity contribution in [2.24, 2.45) is 0 Å². The van der Waals surface area contributed by atoms with Crippen LogP contribution in [0.1, 0.15) is 5.56 Å². The van der Waals surface area contributed by atoms with E-state index in [1.807, 2.05) is 6.07 Å². The molecule has 102 valence electrons. The molecular weight excluding hydrogens is 257 g/mol. The minimum atomic E-state index is -0.224. The first-order valence-corrected chi connectivity index (χ1v) is 6.35. The number of aromatic nitrogens is 1. The minimum absolute atomic E-state index is 0.224. The number of fused-ring (bicyclic) bond motifs is 1. The highest BCUT2D eigenvalue weighted by molar-refractivity contribution is 5.78. The second-order valence-corrected chi connectivity index (χ2v) is 4.55. The van der Waals surface area contributed by atoms with E-state index in [0.717, 1.165) is 17.5 Å². The quantitative estimate of drug-likeness (QED) is 0.715. The molecule has 0 spiro atoms. The number of oxazole rings is 1. The smallest absolute Gasteiger partial charge is 0.295 e. The maximum absolute atomic E-state index is 12.8. The van der Waals surface area contributed by atoms with Crippen LogP contribution in [0, 0.1) is 5.82 Å². The Morgan fingerprint density at radius 1 is 1.15 bits per heavy atom. The summed E-state index contributed by atoms with van der Waals surface area (Å²) >= 11 is 0. The number of nitrogens with two attached hydrogens (primary N) is 1. The molecule has 0 atom stereocenters. The van der Waals surface area contributed by atoms with Gasteiger partial charge in [0.15, 0.2) is 5.58 Å². The van der Waals surface area contributed by atoms with Crippen molar-refractivity contribution in [2.45, 2.75) is 6.42 Å². The summed E-state index contributed by atoms with van der Waals surface area (Å²) in [6.45, 7) is 0.661. The molecule has 0 bridgehead atoms. The number of nitrogen functional groups attached to an aromatic ring is 1. The highest BCUT2D eigenvalue weighted by Crippen LogP contribution is 2.20. The summed E-state index contributed by atoms with van der Waals surface area (Å²) in [6.07, 6.45) is 0.765. The summed E-state index contributed by atoms with van der Waals surface area (Å²) in [6, 6.07) is 12.3. The number of benzene rings is 2. The molecule has 3 N–H and O–H groups in total. The molecule has 4 nitrogen and oxygen atoms in total. The predicted molar refractivity (Wildman–Crippen MR) is 77.0 cm³/mol. The maximum atomic E-state index is 12.8. The summed E-state index contributed by atoms with van der Waals surface area (Å²) in [5.74, 6) is -0.224. The lowest BCUT2D eigenvalue weighted by Crippen LogP contribution is -2.04. The molecule has 0 amide bonds. The van der Waals surface area contributed by atoms with Crippen LogP contribution in [0.15, 0.2) is 46.9 Å². The van der Waals surface area contributed by atoms with Crippen molar-refractivity contribution in [1.29, 1.82) is 0 Å². The SMILES string of the molecule is Nc1ccc2nc(NCCc3ccc(F)cc3)oc2c1. The molecule has 0 fully saturated rings. The molecule has 0 aliphatic rings. The second kappa shape index (κ2) is 5.21. The van der Waals surface area contributed by atoms with Crippen LogP contribution in [-0.2, 0) is 6.42 Å². The number of hydrogen-bond acceptors (Lipinski definition) is 4. The molecule has 0 aliphatic carbocycles. The Morgan fingerprint density at radius 2 is 1.95 bits per heavy atom. The summed E-state index contributed by atoms with van der Waals surface area (Å²) in [4.78, 5) is 4.31. The van der Waals surface area contributed by atoms with E-state index in [2.05, 4.69) is 10.3 Å². The zero-order valence-corrected chi connectivity index (χ0v) is 10.8. The number of halogens is 1. The van der Waals surface area contributed by atoms with E-state index in [4.69, 9.17) is 10.2 Å². The van der Waals surface area contributed by atoms with Crippen molar-refractivity contribution in [1.82, 2.24) is 4.98 Å². The summed E-state index contributed by atoms with van der Waals surface area (Å²) < 4.78 is 18.3. The summed E-state index contributed by atoms with van der Waals surface area (Å²) in [5, 5.41) is 3.10. The Labute approximate surface area is 115 Å².